The van der Waals surface area contributed by atoms with Crippen LogP contribution in [-0.4, -0.2) is 26.1 Å². The second-order valence-electron chi connectivity index (χ2n) is 4.58. The molecule has 0 unspecified atom stereocenters. The van der Waals surface area contributed by atoms with E-state index in [1.807, 2.05) is 13.8 Å². The topological polar surface area (TPSA) is 59.3 Å². The number of rotatable bonds is 3. The zero-order valence-corrected chi connectivity index (χ0v) is 10.7. The van der Waals surface area contributed by atoms with Gasteiger partial charge in [-0.25, -0.2) is 0 Å². The van der Waals surface area contributed by atoms with Gasteiger partial charge in [0.25, 0.3) is 0 Å². The van der Waals surface area contributed by atoms with Gasteiger partial charge in [0, 0.05) is 5.56 Å². The van der Waals surface area contributed by atoms with Crippen molar-refractivity contribution in [2.24, 2.45) is 5.41 Å². The average molecular weight is 245 g/mol. The number of carbonyl (C=O) groups is 1. The van der Waals surface area contributed by atoms with Crippen molar-refractivity contribution >= 4 is 5.78 Å². The van der Waals surface area contributed by atoms with Gasteiger partial charge < -0.3 is 9.47 Å². The summed E-state index contributed by atoms with van der Waals surface area (Å²) in [7, 11) is 1.60. The van der Waals surface area contributed by atoms with Gasteiger partial charge in [-0.1, -0.05) is 0 Å². The van der Waals surface area contributed by atoms with Gasteiger partial charge in [-0.2, -0.15) is 5.26 Å². The summed E-state index contributed by atoms with van der Waals surface area (Å²) >= 11 is 0. The lowest BCUT2D eigenvalue weighted by molar-refractivity contribution is -0.0566. The molecule has 0 aromatic heterocycles. The number of carbonyl (C=O) groups excluding carboxylic acids is 1. The quantitative estimate of drug-likeness (QED) is 0.764. The minimum atomic E-state index is -0.994. The third kappa shape index (κ3) is 1.68. The molecular formula is C14H15NO3. The van der Waals surface area contributed by atoms with Crippen molar-refractivity contribution in [3.05, 3.63) is 28.8 Å². The largest absolute Gasteiger partial charge is 0.496 e. The Morgan fingerprint density at radius 1 is 1.39 bits per heavy atom. The minimum absolute atomic E-state index is 0.153. The highest BCUT2D eigenvalue weighted by atomic mass is 16.5. The SMILES string of the molecule is COc1ccc(C(=O)C2(C#N)COC2)c(C)c1C. The van der Waals surface area contributed by atoms with Crippen LogP contribution < -0.4 is 4.74 Å². The summed E-state index contributed by atoms with van der Waals surface area (Å²) in [6, 6.07) is 5.57. The van der Waals surface area contributed by atoms with E-state index in [0.717, 1.165) is 16.9 Å². The Balaban J connectivity index is 2.44. The summed E-state index contributed by atoms with van der Waals surface area (Å²) < 4.78 is 10.2. The van der Waals surface area contributed by atoms with Crippen LogP contribution in [0.15, 0.2) is 12.1 Å². The fraction of sp³-hybridized carbons (Fsp3) is 0.429. The Morgan fingerprint density at radius 2 is 2.06 bits per heavy atom. The van der Waals surface area contributed by atoms with Gasteiger partial charge in [-0.15, -0.1) is 0 Å². The van der Waals surface area contributed by atoms with E-state index in [0.29, 0.717) is 5.56 Å². The predicted molar refractivity (Wildman–Crippen MR) is 65.7 cm³/mol. The highest BCUT2D eigenvalue weighted by molar-refractivity contribution is 6.04. The molecule has 2 rings (SSSR count). The van der Waals surface area contributed by atoms with Crippen LogP contribution in [0.1, 0.15) is 21.5 Å². The molecule has 0 bridgehead atoms. The maximum Gasteiger partial charge on any atom is 0.188 e. The Kier molecular flexibility index (Phi) is 3.10. The van der Waals surface area contributed by atoms with Crippen molar-refractivity contribution in [3.8, 4) is 11.8 Å². The number of ether oxygens (including phenoxy) is 2. The molecule has 0 atom stereocenters. The molecule has 1 aromatic rings. The number of ketones is 1. The molecule has 0 N–H and O–H groups in total. The molecule has 0 aliphatic carbocycles. The summed E-state index contributed by atoms with van der Waals surface area (Å²) in [5.41, 5.74) is 1.38. The van der Waals surface area contributed by atoms with E-state index < -0.39 is 5.41 Å². The Hall–Kier alpha value is -1.86. The lowest BCUT2D eigenvalue weighted by Crippen LogP contribution is -2.48. The molecule has 94 valence electrons. The van der Waals surface area contributed by atoms with Gasteiger partial charge in [0.05, 0.1) is 26.4 Å². The van der Waals surface area contributed by atoms with Crippen LogP contribution >= 0.6 is 0 Å². The first kappa shape index (κ1) is 12.6. The van der Waals surface area contributed by atoms with Gasteiger partial charge >= 0.3 is 0 Å². The second kappa shape index (κ2) is 4.43. The van der Waals surface area contributed by atoms with Crippen LogP contribution in [0.2, 0.25) is 0 Å². The number of nitrogens with zero attached hydrogens (tertiary/aromatic N) is 1. The Bertz CT molecular complexity index is 539. The second-order valence-corrected chi connectivity index (χ2v) is 4.58. The number of Topliss-reactive ketones (excluding diaryl/α,β-unsaturated/α-hetero) is 1. The van der Waals surface area contributed by atoms with Gasteiger partial charge in [0.2, 0.25) is 0 Å². The molecule has 1 heterocycles. The van der Waals surface area contributed by atoms with Gasteiger partial charge in [0.1, 0.15) is 5.75 Å². The van der Waals surface area contributed by atoms with E-state index in [1.54, 1.807) is 19.2 Å². The highest BCUT2D eigenvalue weighted by Crippen LogP contribution is 2.34. The molecule has 1 aliphatic rings. The van der Waals surface area contributed by atoms with Crippen LogP contribution in [-0.2, 0) is 4.74 Å². The van der Waals surface area contributed by atoms with Gasteiger partial charge in [0.15, 0.2) is 11.2 Å². The first-order valence-corrected chi connectivity index (χ1v) is 5.74. The third-order valence-corrected chi connectivity index (χ3v) is 3.55. The molecule has 0 spiro atoms. The number of hydrogen-bond acceptors (Lipinski definition) is 4. The average Bonchev–Trinajstić information content (AvgIpc) is 2.31. The first-order valence-electron chi connectivity index (χ1n) is 5.74. The van der Waals surface area contributed by atoms with Crippen molar-refractivity contribution in [2.45, 2.75) is 13.8 Å². The van der Waals surface area contributed by atoms with E-state index in [4.69, 9.17) is 14.7 Å². The fourth-order valence-corrected chi connectivity index (χ4v) is 2.07. The van der Waals surface area contributed by atoms with Crippen LogP contribution in [0, 0.1) is 30.6 Å². The molecule has 1 fully saturated rings. The summed E-state index contributed by atoms with van der Waals surface area (Å²) in [6.07, 6.45) is 0. The number of nitriles is 1. The summed E-state index contributed by atoms with van der Waals surface area (Å²) in [4.78, 5) is 12.4. The molecule has 18 heavy (non-hydrogen) atoms. The molecule has 1 saturated heterocycles. The molecule has 1 aliphatic heterocycles. The van der Waals surface area contributed by atoms with E-state index in [9.17, 15) is 4.79 Å². The first-order chi connectivity index (χ1) is 8.55. The summed E-state index contributed by atoms with van der Waals surface area (Å²) in [5.74, 6) is 0.597. The maximum absolute atomic E-state index is 12.4. The van der Waals surface area contributed by atoms with Crippen LogP contribution in [0.4, 0.5) is 0 Å². The van der Waals surface area contributed by atoms with Gasteiger partial charge in [-0.05, 0) is 37.1 Å². The molecule has 4 nitrogen and oxygen atoms in total. The van der Waals surface area contributed by atoms with Crippen LogP contribution in [0.3, 0.4) is 0 Å². The highest BCUT2D eigenvalue weighted by Gasteiger charge is 2.47. The fourth-order valence-electron chi connectivity index (χ4n) is 2.07. The van der Waals surface area contributed by atoms with E-state index in [1.165, 1.54) is 0 Å². The molecular weight excluding hydrogens is 230 g/mol. The van der Waals surface area contributed by atoms with E-state index >= 15 is 0 Å². The zero-order valence-electron chi connectivity index (χ0n) is 10.7. The summed E-state index contributed by atoms with van der Waals surface area (Å²) in [5, 5.41) is 9.15. The zero-order chi connectivity index (χ0) is 13.3. The molecule has 0 radical (unpaired) electrons. The van der Waals surface area contributed by atoms with Crippen LogP contribution in [0.25, 0.3) is 0 Å². The van der Waals surface area contributed by atoms with Crippen LogP contribution in [0.5, 0.6) is 5.75 Å². The normalized spacial score (nSPS) is 16.6. The number of hydrogen-bond donors (Lipinski definition) is 0. The lowest BCUT2D eigenvalue weighted by atomic mass is 9.78. The Labute approximate surface area is 106 Å². The van der Waals surface area contributed by atoms with Crippen molar-refractivity contribution in [3.63, 3.8) is 0 Å². The molecule has 0 saturated carbocycles. The van der Waals surface area contributed by atoms with Gasteiger partial charge in [-0.3, -0.25) is 4.79 Å². The molecule has 4 heteroatoms. The van der Waals surface area contributed by atoms with Crippen molar-refractivity contribution in [1.82, 2.24) is 0 Å². The van der Waals surface area contributed by atoms with Crippen molar-refractivity contribution in [1.29, 1.82) is 5.26 Å². The smallest absolute Gasteiger partial charge is 0.188 e. The van der Waals surface area contributed by atoms with E-state index in [2.05, 4.69) is 6.07 Å². The minimum Gasteiger partial charge on any atom is -0.496 e. The molecule has 1 aromatic carbocycles. The number of benzene rings is 1. The van der Waals surface area contributed by atoms with Crippen molar-refractivity contribution < 1.29 is 14.3 Å². The standard InChI is InChI=1S/C14H15NO3/c1-9-10(2)12(17-3)5-4-11(9)13(16)14(6-15)7-18-8-14/h4-5H,7-8H2,1-3H3. The summed E-state index contributed by atoms with van der Waals surface area (Å²) in [6.45, 7) is 4.15. The van der Waals surface area contributed by atoms with E-state index in [-0.39, 0.29) is 19.0 Å². The lowest BCUT2D eigenvalue weighted by Gasteiger charge is -2.33. The Morgan fingerprint density at radius 3 is 2.50 bits per heavy atom. The molecule has 0 amide bonds. The maximum atomic E-state index is 12.4. The van der Waals surface area contributed by atoms with Crippen molar-refractivity contribution in [2.75, 3.05) is 20.3 Å². The monoisotopic (exact) mass is 245 g/mol. The number of methoxy groups -OCH3 is 1. The predicted octanol–water partition coefficient (Wildman–Crippen LogP) is 2.03. The third-order valence-electron chi connectivity index (χ3n) is 3.55.